The molecular formula is C28H33ClFN5O4. The molecule has 2 aromatic carbocycles. The van der Waals surface area contributed by atoms with Gasteiger partial charge in [-0.1, -0.05) is 17.7 Å². The summed E-state index contributed by atoms with van der Waals surface area (Å²) >= 11 is 5.95. The summed E-state index contributed by atoms with van der Waals surface area (Å²) in [6.07, 6.45) is 7.89. The van der Waals surface area contributed by atoms with Crippen molar-refractivity contribution in [3.63, 3.8) is 0 Å². The molecule has 9 nitrogen and oxygen atoms in total. The molecule has 208 valence electrons. The zero-order chi connectivity index (χ0) is 27.6. The Morgan fingerprint density at radius 3 is 2.59 bits per heavy atom. The topological polar surface area (TPSA) is 97.8 Å². The third kappa shape index (κ3) is 8.09. The Labute approximate surface area is 232 Å². The minimum absolute atomic E-state index is 0.00251. The van der Waals surface area contributed by atoms with E-state index in [1.807, 2.05) is 6.08 Å². The highest BCUT2D eigenvalue weighted by Gasteiger charge is 2.22. The second-order valence-electron chi connectivity index (χ2n) is 9.19. The molecule has 2 N–H and O–H groups in total. The van der Waals surface area contributed by atoms with E-state index in [2.05, 4.69) is 25.5 Å². The second-order valence-corrected chi connectivity index (χ2v) is 9.60. The van der Waals surface area contributed by atoms with Gasteiger partial charge in [-0.15, -0.1) is 0 Å². The molecule has 0 aliphatic heterocycles. The molecule has 1 heterocycles. The van der Waals surface area contributed by atoms with E-state index < -0.39 is 5.82 Å². The van der Waals surface area contributed by atoms with Crippen molar-refractivity contribution in [2.24, 2.45) is 0 Å². The number of carbonyl (C=O) groups is 1. The zero-order valence-electron chi connectivity index (χ0n) is 22.1. The quantitative estimate of drug-likeness (QED) is 0.261. The SMILES string of the molecule is COCCN(CC=CC(=O)Nc1cc2c(Nc3ccc(F)c(Cl)c3)ncnc2cc1OC1CCC1)CCOC. The fourth-order valence-corrected chi connectivity index (χ4v) is 4.16. The predicted octanol–water partition coefficient (Wildman–Crippen LogP) is 5.19. The number of hydrogen-bond acceptors (Lipinski definition) is 8. The molecule has 0 radical (unpaired) electrons. The number of amides is 1. The highest BCUT2D eigenvalue weighted by Crippen LogP contribution is 2.36. The number of halogens is 2. The molecule has 1 aliphatic carbocycles. The average molecular weight is 558 g/mol. The van der Waals surface area contributed by atoms with Crippen LogP contribution in [0, 0.1) is 5.82 Å². The lowest BCUT2D eigenvalue weighted by Gasteiger charge is -2.27. The van der Waals surface area contributed by atoms with Crippen LogP contribution in [0.25, 0.3) is 10.9 Å². The van der Waals surface area contributed by atoms with E-state index in [4.69, 9.17) is 25.8 Å². The van der Waals surface area contributed by atoms with Crippen LogP contribution in [0.3, 0.4) is 0 Å². The Bertz CT molecular complexity index is 1300. The van der Waals surface area contributed by atoms with E-state index >= 15 is 0 Å². The second kappa shape index (κ2) is 14.2. The third-order valence-electron chi connectivity index (χ3n) is 6.38. The van der Waals surface area contributed by atoms with Crippen LogP contribution >= 0.6 is 11.6 Å². The lowest BCUT2D eigenvalue weighted by Crippen LogP contribution is -2.31. The first-order chi connectivity index (χ1) is 19.0. The number of aromatic nitrogens is 2. The van der Waals surface area contributed by atoms with Crippen molar-refractivity contribution in [2.45, 2.75) is 25.4 Å². The summed E-state index contributed by atoms with van der Waals surface area (Å²) in [6.45, 7) is 3.21. The van der Waals surface area contributed by atoms with Crippen LogP contribution in [0.15, 0.2) is 48.8 Å². The van der Waals surface area contributed by atoms with Crippen molar-refractivity contribution in [3.05, 3.63) is 59.7 Å². The summed E-state index contributed by atoms with van der Waals surface area (Å²) in [5.74, 6) is 0.232. The van der Waals surface area contributed by atoms with E-state index in [1.54, 1.807) is 32.4 Å². The van der Waals surface area contributed by atoms with Crippen LogP contribution in [-0.2, 0) is 14.3 Å². The molecule has 0 atom stereocenters. The maximum absolute atomic E-state index is 13.6. The zero-order valence-corrected chi connectivity index (χ0v) is 22.8. The first-order valence-electron chi connectivity index (χ1n) is 12.8. The van der Waals surface area contributed by atoms with Gasteiger partial charge in [0, 0.05) is 57.1 Å². The Morgan fingerprint density at radius 2 is 1.92 bits per heavy atom. The van der Waals surface area contributed by atoms with Gasteiger partial charge in [-0.25, -0.2) is 14.4 Å². The van der Waals surface area contributed by atoms with Crippen LogP contribution in [-0.4, -0.2) is 73.9 Å². The molecule has 39 heavy (non-hydrogen) atoms. The summed E-state index contributed by atoms with van der Waals surface area (Å²) in [6, 6.07) is 7.91. The molecule has 11 heteroatoms. The van der Waals surface area contributed by atoms with Gasteiger partial charge in [0.25, 0.3) is 0 Å². The Morgan fingerprint density at radius 1 is 1.15 bits per heavy atom. The maximum atomic E-state index is 13.6. The van der Waals surface area contributed by atoms with E-state index in [1.165, 1.54) is 24.5 Å². The number of nitrogens with zero attached hydrogens (tertiary/aromatic N) is 3. The van der Waals surface area contributed by atoms with Crippen molar-refractivity contribution in [1.29, 1.82) is 0 Å². The molecule has 1 aliphatic rings. The van der Waals surface area contributed by atoms with Gasteiger partial charge < -0.3 is 24.8 Å². The van der Waals surface area contributed by atoms with E-state index in [9.17, 15) is 9.18 Å². The molecule has 1 saturated carbocycles. The molecule has 0 saturated heterocycles. The fraction of sp³-hybridized carbons (Fsp3) is 0.393. The standard InChI is InChI=1S/C28H33ClFN5O4/c1-37-13-11-35(12-14-38-2)10-4-7-27(36)34-25-16-21-24(17-26(25)39-20-5-3-6-20)31-18-32-28(21)33-19-8-9-23(30)22(29)15-19/h4,7-9,15-18,20H,3,5-6,10-14H2,1-2H3,(H,34,36)(H,31,32,33). The van der Waals surface area contributed by atoms with E-state index in [-0.39, 0.29) is 17.0 Å². The van der Waals surface area contributed by atoms with Crippen LogP contribution in [0.2, 0.25) is 5.02 Å². The van der Waals surface area contributed by atoms with Gasteiger partial charge in [0.2, 0.25) is 5.91 Å². The summed E-state index contributed by atoms with van der Waals surface area (Å²) in [4.78, 5) is 23.8. The van der Waals surface area contributed by atoms with E-state index in [0.717, 1.165) is 32.4 Å². The number of methoxy groups -OCH3 is 2. The normalized spacial score (nSPS) is 13.7. The van der Waals surface area contributed by atoms with Gasteiger partial charge in [-0.05, 0) is 43.5 Å². The summed E-state index contributed by atoms with van der Waals surface area (Å²) in [5, 5.41) is 6.77. The molecule has 0 unspecified atom stereocenters. The first-order valence-corrected chi connectivity index (χ1v) is 13.2. The van der Waals surface area contributed by atoms with Gasteiger partial charge in [0.1, 0.15) is 23.7 Å². The minimum Gasteiger partial charge on any atom is -0.488 e. The molecule has 1 aromatic heterocycles. The van der Waals surface area contributed by atoms with Gasteiger partial charge in [-0.2, -0.15) is 0 Å². The molecule has 0 bridgehead atoms. The van der Waals surface area contributed by atoms with Gasteiger partial charge in [0.15, 0.2) is 0 Å². The summed E-state index contributed by atoms with van der Waals surface area (Å²) < 4.78 is 30.2. The van der Waals surface area contributed by atoms with Crippen LogP contribution < -0.4 is 15.4 Å². The number of nitrogens with one attached hydrogen (secondary N) is 2. The van der Waals surface area contributed by atoms with Gasteiger partial charge >= 0.3 is 0 Å². The number of ether oxygens (including phenoxy) is 3. The van der Waals surface area contributed by atoms with Crippen molar-refractivity contribution >= 4 is 45.6 Å². The highest BCUT2D eigenvalue weighted by atomic mass is 35.5. The number of carbonyl (C=O) groups excluding carboxylic acids is 1. The molecule has 3 aromatic rings. The highest BCUT2D eigenvalue weighted by molar-refractivity contribution is 6.31. The summed E-state index contributed by atoms with van der Waals surface area (Å²) in [7, 11) is 3.32. The minimum atomic E-state index is -0.508. The van der Waals surface area contributed by atoms with Crippen LogP contribution in [0.5, 0.6) is 5.75 Å². The lowest BCUT2D eigenvalue weighted by molar-refractivity contribution is -0.111. The molecule has 1 fully saturated rings. The average Bonchev–Trinajstić information content (AvgIpc) is 2.90. The van der Waals surface area contributed by atoms with Crippen LogP contribution in [0.1, 0.15) is 19.3 Å². The number of fused-ring (bicyclic) bond motifs is 1. The fourth-order valence-electron chi connectivity index (χ4n) is 3.98. The number of anilines is 3. The monoisotopic (exact) mass is 557 g/mol. The van der Waals surface area contributed by atoms with Crippen molar-refractivity contribution in [1.82, 2.24) is 14.9 Å². The van der Waals surface area contributed by atoms with Crippen LogP contribution in [0.4, 0.5) is 21.6 Å². The predicted molar refractivity (Wildman–Crippen MR) is 150 cm³/mol. The van der Waals surface area contributed by atoms with E-state index in [0.29, 0.717) is 53.6 Å². The van der Waals surface area contributed by atoms with Crippen molar-refractivity contribution < 1.29 is 23.4 Å². The van der Waals surface area contributed by atoms with Gasteiger partial charge in [-0.3, -0.25) is 9.69 Å². The number of rotatable bonds is 14. The van der Waals surface area contributed by atoms with Crippen molar-refractivity contribution in [3.8, 4) is 5.75 Å². The first kappa shape index (κ1) is 28.7. The number of hydrogen-bond donors (Lipinski definition) is 2. The Balaban J connectivity index is 1.55. The Hall–Kier alpha value is -3.31. The van der Waals surface area contributed by atoms with Crippen molar-refractivity contribution in [2.75, 3.05) is 57.7 Å². The molecule has 0 spiro atoms. The molecule has 1 amide bonds. The smallest absolute Gasteiger partial charge is 0.248 e. The Kier molecular flexibility index (Phi) is 10.4. The third-order valence-corrected chi connectivity index (χ3v) is 6.67. The maximum Gasteiger partial charge on any atom is 0.248 e. The lowest BCUT2D eigenvalue weighted by atomic mass is 9.96. The molecular weight excluding hydrogens is 525 g/mol. The van der Waals surface area contributed by atoms with Gasteiger partial charge in [0.05, 0.1) is 35.5 Å². The largest absolute Gasteiger partial charge is 0.488 e. The number of benzene rings is 2. The molecule has 4 rings (SSSR count). The summed E-state index contributed by atoms with van der Waals surface area (Å²) in [5.41, 5.74) is 1.71.